The maximum Gasteiger partial charge on any atom is 0.0701 e. The highest BCUT2D eigenvalue weighted by molar-refractivity contribution is 5.25. The van der Waals surface area contributed by atoms with Gasteiger partial charge in [0.1, 0.15) is 0 Å². The second-order valence-electron chi connectivity index (χ2n) is 7.22. The Morgan fingerprint density at radius 1 is 0.812 bits per heavy atom. The third kappa shape index (κ3) is 42.8. The van der Waals surface area contributed by atoms with E-state index < -0.39 is 0 Å². The first-order chi connectivity index (χ1) is 15.5. The van der Waals surface area contributed by atoms with E-state index in [9.17, 15) is 0 Å². The Morgan fingerprint density at radius 2 is 1.25 bits per heavy atom. The third-order valence-corrected chi connectivity index (χ3v) is 3.51. The molecule has 32 heavy (non-hydrogen) atoms. The van der Waals surface area contributed by atoms with E-state index in [-0.39, 0.29) is 1.43 Å². The molecule has 0 heterocycles. The van der Waals surface area contributed by atoms with Crippen molar-refractivity contribution in [3.63, 3.8) is 0 Å². The van der Waals surface area contributed by atoms with Crippen molar-refractivity contribution >= 4 is 6.72 Å². The molecule has 0 saturated carbocycles. The molecule has 0 aliphatic carbocycles. The molecule has 0 spiro atoms. The lowest BCUT2D eigenvalue weighted by Gasteiger charge is -2.09. The van der Waals surface area contributed by atoms with Gasteiger partial charge in [-0.1, -0.05) is 72.5 Å². The summed E-state index contributed by atoms with van der Waals surface area (Å²) in [6, 6.07) is 0. The van der Waals surface area contributed by atoms with Gasteiger partial charge in [0.15, 0.2) is 0 Å². The van der Waals surface area contributed by atoms with Gasteiger partial charge in [0.05, 0.1) is 39.6 Å². The van der Waals surface area contributed by atoms with Crippen LogP contribution in [0.15, 0.2) is 23.9 Å². The first kappa shape index (κ1) is 38.1. The first-order valence-corrected chi connectivity index (χ1v) is 12.4. The van der Waals surface area contributed by atoms with Crippen LogP contribution in [0, 0.1) is 5.41 Å². The summed E-state index contributed by atoms with van der Waals surface area (Å²) in [6.45, 7) is 24.9. The second kappa shape index (κ2) is 40.2. The minimum atomic E-state index is 0. The van der Waals surface area contributed by atoms with Crippen molar-refractivity contribution in [2.24, 2.45) is 0 Å². The van der Waals surface area contributed by atoms with Crippen LogP contribution in [0.5, 0.6) is 0 Å². The van der Waals surface area contributed by atoms with E-state index in [4.69, 9.17) is 19.6 Å². The molecular weight excluding hydrogens is 402 g/mol. The van der Waals surface area contributed by atoms with Crippen LogP contribution in [0.1, 0.15) is 81.5 Å². The summed E-state index contributed by atoms with van der Waals surface area (Å²) in [5.41, 5.74) is 2.45. The average Bonchev–Trinajstić information content (AvgIpc) is 2.78. The van der Waals surface area contributed by atoms with Crippen LogP contribution in [0.25, 0.3) is 0 Å². The Balaban J connectivity index is -0.000000254. The zero-order valence-electron chi connectivity index (χ0n) is 22.6. The molecule has 0 unspecified atom stereocenters. The Kier molecular flexibility index (Phi) is 47.8. The zero-order chi connectivity index (χ0) is 25.3. The van der Waals surface area contributed by atoms with Crippen LogP contribution in [0.2, 0.25) is 0 Å². The van der Waals surface area contributed by atoms with E-state index >= 15 is 0 Å². The minimum absolute atomic E-state index is 0. The quantitative estimate of drug-likeness (QED) is 0.128. The van der Waals surface area contributed by atoms with Crippen LogP contribution in [-0.4, -0.2) is 66.5 Å². The molecule has 3 N–H and O–H groups in total. The van der Waals surface area contributed by atoms with Gasteiger partial charge in [0.2, 0.25) is 0 Å². The summed E-state index contributed by atoms with van der Waals surface area (Å²) in [7, 11) is 1.91. The largest absolute Gasteiger partial charge is 0.388 e. The number of nitrogens with one attached hydrogen (secondary N) is 3. The molecule has 0 aliphatic heterocycles. The Bertz CT molecular complexity index is 369. The van der Waals surface area contributed by atoms with E-state index in [1.807, 2.05) is 7.05 Å². The number of likely N-dealkylation sites (N-methyl/N-ethyl adjacent to an activating group) is 1. The molecule has 0 bridgehead atoms. The van der Waals surface area contributed by atoms with Gasteiger partial charge in [0, 0.05) is 14.5 Å². The van der Waals surface area contributed by atoms with Crippen molar-refractivity contribution in [1.82, 2.24) is 10.6 Å². The summed E-state index contributed by atoms with van der Waals surface area (Å²) in [6.07, 6.45) is 9.42. The lowest BCUT2D eigenvalue weighted by Crippen LogP contribution is -2.18. The Morgan fingerprint density at radius 3 is 1.66 bits per heavy atom. The topological polar surface area (TPSA) is 75.6 Å². The van der Waals surface area contributed by atoms with E-state index in [0.717, 1.165) is 31.7 Å². The van der Waals surface area contributed by atoms with Gasteiger partial charge in [0.25, 0.3) is 0 Å². The van der Waals surface area contributed by atoms with Crippen molar-refractivity contribution in [2.45, 2.75) is 80.1 Å². The maximum absolute atomic E-state index is 5.53. The number of unbranched alkanes of at least 4 members (excludes halogenated alkanes) is 2. The Hall–Kier alpha value is -1.21. The predicted octanol–water partition coefficient (Wildman–Crippen LogP) is 6.23. The van der Waals surface area contributed by atoms with Crippen LogP contribution in [0.3, 0.4) is 0 Å². The number of ether oxygens (including phenoxy) is 3. The fourth-order valence-electron chi connectivity index (χ4n) is 2.02. The summed E-state index contributed by atoms with van der Waals surface area (Å²) < 4.78 is 16.3. The smallest absolute Gasteiger partial charge is 0.0701 e. The molecule has 0 aromatic heterocycles. The van der Waals surface area contributed by atoms with Crippen molar-refractivity contribution in [2.75, 3.05) is 59.8 Å². The number of rotatable bonds is 18. The van der Waals surface area contributed by atoms with E-state index in [0.29, 0.717) is 33.0 Å². The summed E-state index contributed by atoms with van der Waals surface area (Å²) in [4.78, 5) is 0. The van der Waals surface area contributed by atoms with E-state index in [2.05, 4.69) is 71.7 Å². The molecule has 0 fully saturated rings. The lowest BCUT2D eigenvalue weighted by molar-refractivity contribution is 0.0162. The van der Waals surface area contributed by atoms with Gasteiger partial charge in [-0.3, -0.25) is 0 Å². The van der Waals surface area contributed by atoms with Crippen LogP contribution < -0.4 is 10.6 Å². The van der Waals surface area contributed by atoms with Gasteiger partial charge in [-0.25, -0.2) is 0 Å². The molecule has 0 rings (SSSR count). The number of allylic oxidation sites excluding steroid dienone is 2. The molecule has 0 aromatic carbocycles. The third-order valence-electron chi connectivity index (χ3n) is 3.51. The normalized spacial score (nSPS) is 10.0. The highest BCUT2D eigenvalue weighted by Crippen LogP contribution is 2.14. The Labute approximate surface area is 202 Å². The summed E-state index contributed by atoms with van der Waals surface area (Å²) >= 11 is 0. The molecule has 0 radical (unpaired) electrons. The van der Waals surface area contributed by atoms with Crippen molar-refractivity contribution in [3.05, 3.63) is 23.9 Å². The molecule has 196 valence electrons. The predicted molar refractivity (Wildman–Crippen MR) is 145 cm³/mol. The molecule has 0 aromatic rings. The average molecular weight is 462 g/mol. The van der Waals surface area contributed by atoms with Crippen molar-refractivity contribution in [3.8, 4) is 0 Å². The zero-order valence-corrected chi connectivity index (χ0v) is 22.6. The lowest BCUT2D eigenvalue weighted by atomic mass is 10.0. The number of hydrogen-bond donors (Lipinski definition) is 3. The van der Waals surface area contributed by atoms with Crippen LogP contribution >= 0.6 is 0 Å². The fourth-order valence-corrected chi connectivity index (χ4v) is 2.02. The molecular formula is C26H59N3O3. The summed E-state index contributed by atoms with van der Waals surface area (Å²) in [5.74, 6) is 0. The van der Waals surface area contributed by atoms with Gasteiger partial charge in [-0.15, -0.1) is 0 Å². The highest BCUT2D eigenvalue weighted by Gasteiger charge is 1.98. The highest BCUT2D eigenvalue weighted by atomic mass is 16.5. The molecule has 0 saturated heterocycles. The van der Waals surface area contributed by atoms with E-state index in [1.54, 1.807) is 0 Å². The minimum Gasteiger partial charge on any atom is -0.388 e. The molecule has 6 nitrogen and oxygen atoms in total. The molecule has 0 atom stereocenters. The van der Waals surface area contributed by atoms with Crippen molar-refractivity contribution in [1.29, 1.82) is 5.41 Å². The first-order valence-electron chi connectivity index (χ1n) is 12.4. The van der Waals surface area contributed by atoms with Crippen LogP contribution in [-0.2, 0) is 14.2 Å². The van der Waals surface area contributed by atoms with E-state index in [1.165, 1.54) is 37.7 Å². The second-order valence-corrected chi connectivity index (χ2v) is 7.22. The fraction of sp³-hybridized carbons (Fsp3) is 0.808. The van der Waals surface area contributed by atoms with Gasteiger partial charge < -0.3 is 30.3 Å². The SMILES string of the molecule is C=C(C)/C(=C\NCCOCCOCCOCCNC)CCCCC.C=N.CCC.CCC.[HH]. The number of hydrogen-bond acceptors (Lipinski definition) is 6. The standard InChI is InChI=1S/C19H38N2O3.2C3H8.CH3N.H2/c1-5-6-7-8-19(18(2)3)17-21-10-12-23-14-16-24-15-13-22-11-9-20-4;2*1-3-2;1-2;/h17,20-21H,2,5-16H2,1,3-4H3;2*3H2,1-2H3;2H,1H2;1H/b19-17-;;;;. The van der Waals surface area contributed by atoms with Gasteiger partial charge >= 0.3 is 0 Å². The molecule has 0 aliphatic rings. The molecule has 6 heteroatoms. The summed E-state index contributed by atoms with van der Waals surface area (Å²) in [5, 5.41) is 11.8. The molecule has 0 amide bonds. The van der Waals surface area contributed by atoms with Crippen molar-refractivity contribution < 1.29 is 15.6 Å². The monoisotopic (exact) mass is 461 g/mol. The van der Waals surface area contributed by atoms with Gasteiger partial charge in [-0.05, 0) is 45.3 Å². The van der Waals surface area contributed by atoms with Gasteiger partial charge in [-0.2, -0.15) is 0 Å². The van der Waals surface area contributed by atoms with Crippen LogP contribution in [0.4, 0.5) is 0 Å². The maximum atomic E-state index is 5.53.